The maximum Gasteiger partial charge on any atom is 0.290 e. The van der Waals surface area contributed by atoms with Gasteiger partial charge in [-0.3, -0.25) is 9.59 Å². The third-order valence-electron chi connectivity index (χ3n) is 4.73. The van der Waals surface area contributed by atoms with Crippen molar-refractivity contribution in [2.24, 2.45) is 0 Å². The molecular weight excluding hydrogens is 358 g/mol. The molecule has 2 aromatic heterocycles. The van der Waals surface area contributed by atoms with Crippen molar-refractivity contribution in [2.45, 2.75) is 13.5 Å². The average Bonchev–Trinajstić information content (AvgIpc) is 3.03. The summed E-state index contributed by atoms with van der Waals surface area (Å²) in [6.45, 7) is 1.99. The molecule has 0 saturated heterocycles. The van der Waals surface area contributed by atoms with Crippen LogP contribution in [0.4, 0.5) is 0 Å². The molecule has 0 aliphatic rings. The number of H-pyrrole nitrogens is 1. The molecule has 0 aliphatic heterocycles. The number of nitrogens with one attached hydrogen (secondary N) is 1. The van der Waals surface area contributed by atoms with E-state index in [1.165, 1.54) is 4.90 Å². The number of hydrogen-bond donors (Lipinski definition) is 1. The maximum absolute atomic E-state index is 12.9. The summed E-state index contributed by atoms with van der Waals surface area (Å²) in [5.74, 6) is 1.08. The summed E-state index contributed by atoms with van der Waals surface area (Å²) < 4.78 is 11.0. The van der Waals surface area contributed by atoms with E-state index in [1.807, 2.05) is 19.1 Å². The van der Waals surface area contributed by atoms with Crippen molar-refractivity contribution < 1.29 is 13.9 Å². The highest BCUT2D eigenvalue weighted by atomic mass is 16.5. The largest absolute Gasteiger partial charge is 0.497 e. The number of furan rings is 1. The van der Waals surface area contributed by atoms with E-state index >= 15 is 0 Å². The minimum atomic E-state index is -0.288. The molecule has 0 spiro atoms. The minimum absolute atomic E-state index is 0.152. The lowest BCUT2D eigenvalue weighted by Crippen LogP contribution is -2.28. The summed E-state index contributed by atoms with van der Waals surface area (Å²) in [4.78, 5) is 33.8. The molecule has 0 bridgehead atoms. The summed E-state index contributed by atoms with van der Waals surface area (Å²) >= 11 is 0. The molecule has 7 nitrogen and oxygen atoms in total. The van der Waals surface area contributed by atoms with E-state index in [4.69, 9.17) is 9.15 Å². The predicted molar refractivity (Wildman–Crippen MR) is 106 cm³/mol. The first kappa shape index (κ1) is 17.8. The predicted octanol–water partition coefficient (Wildman–Crippen LogP) is 3.26. The molecule has 0 atom stereocenters. The maximum atomic E-state index is 12.9. The molecule has 2 aromatic carbocycles. The zero-order chi connectivity index (χ0) is 19.8. The molecule has 1 amide bonds. The van der Waals surface area contributed by atoms with Crippen LogP contribution in [-0.2, 0) is 6.54 Å². The smallest absolute Gasteiger partial charge is 0.290 e. The molecule has 7 heteroatoms. The summed E-state index contributed by atoms with van der Waals surface area (Å²) in [6.07, 6.45) is 0. The van der Waals surface area contributed by atoms with Gasteiger partial charge in [0.05, 0.1) is 24.6 Å². The van der Waals surface area contributed by atoms with Crippen LogP contribution < -0.4 is 10.3 Å². The van der Waals surface area contributed by atoms with Crippen molar-refractivity contribution in [3.05, 3.63) is 70.0 Å². The van der Waals surface area contributed by atoms with Gasteiger partial charge in [-0.15, -0.1) is 0 Å². The Bertz CT molecular complexity index is 1260. The van der Waals surface area contributed by atoms with Crippen LogP contribution in [0.25, 0.3) is 21.9 Å². The van der Waals surface area contributed by atoms with E-state index in [2.05, 4.69) is 9.97 Å². The Kier molecular flexibility index (Phi) is 4.35. The van der Waals surface area contributed by atoms with Crippen LogP contribution in [0.5, 0.6) is 5.75 Å². The zero-order valence-corrected chi connectivity index (χ0v) is 15.8. The Labute approximate surface area is 160 Å². The van der Waals surface area contributed by atoms with Gasteiger partial charge in [0.1, 0.15) is 17.2 Å². The van der Waals surface area contributed by atoms with Gasteiger partial charge in [0, 0.05) is 18.0 Å². The number of carbonyl (C=O) groups excluding carboxylic acids is 1. The second-order valence-corrected chi connectivity index (χ2v) is 6.61. The highest BCUT2D eigenvalue weighted by Crippen LogP contribution is 2.29. The molecule has 4 rings (SSSR count). The quantitative estimate of drug-likeness (QED) is 0.590. The fourth-order valence-corrected chi connectivity index (χ4v) is 3.21. The highest BCUT2D eigenvalue weighted by molar-refractivity contribution is 5.99. The van der Waals surface area contributed by atoms with Gasteiger partial charge in [0.15, 0.2) is 5.76 Å². The third kappa shape index (κ3) is 3.00. The number of hydrogen-bond acceptors (Lipinski definition) is 5. The van der Waals surface area contributed by atoms with E-state index in [9.17, 15) is 9.59 Å². The monoisotopic (exact) mass is 377 g/mol. The Morgan fingerprint density at radius 3 is 2.79 bits per heavy atom. The second kappa shape index (κ2) is 6.84. The molecule has 0 radical (unpaired) electrons. The van der Waals surface area contributed by atoms with E-state index in [0.717, 1.165) is 10.9 Å². The Balaban J connectivity index is 1.64. The number of aromatic amines is 1. The van der Waals surface area contributed by atoms with E-state index < -0.39 is 0 Å². The number of benzene rings is 2. The van der Waals surface area contributed by atoms with E-state index in [1.54, 1.807) is 44.5 Å². The summed E-state index contributed by atoms with van der Waals surface area (Å²) in [5.41, 5.74) is 1.72. The molecule has 4 aromatic rings. The number of rotatable bonds is 4. The Morgan fingerprint density at radius 1 is 1.21 bits per heavy atom. The SMILES string of the molecule is COc1ccc2oc(C(=O)N(C)Cc3nc4ccccc4c(=O)[nH]3)c(C)c2c1. The molecule has 0 saturated carbocycles. The van der Waals surface area contributed by atoms with Crippen LogP contribution in [0, 0.1) is 6.92 Å². The highest BCUT2D eigenvalue weighted by Gasteiger charge is 2.22. The van der Waals surface area contributed by atoms with E-state index in [0.29, 0.717) is 28.1 Å². The summed E-state index contributed by atoms with van der Waals surface area (Å²) in [7, 11) is 3.23. The number of carbonyl (C=O) groups is 1. The first-order chi connectivity index (χ1) is 13.5. The van der Waals surface area contributed by atoms with Crippen LogP contribution in [0.3, 0.4) is 0 Å². The van der Waals surface area contributed by atoms with Crippen LogP contribution in [0.15, 0.2) is 51.7 Å². The summed E-state index contributed by atoms with van der Waals surface area (Å²) in [6, 6.07) is 12.5. The van der Waals surface area contributed by atoms with Gasteiger partial charge >= 0.3 is 0 Å². The summed E-state index contributed by atoms with van der Waals surface area (Å²) in [5, 5.41) is 1.34. The standard InChI is InChI=1S/C21H19N3O4/c1-12-15-10-13(27-3)8-9-17(15)28-19(12)21(26)24(2)11-18-22-16-7-5-4-6-14(16)20(25)23-18/h4-10H,11H2,1-3H3,(H,22,23,25). The Morgan fingerprint density at radius 2 is 2.00 bits per heavy atom. The lowest BCUT2D eigenvalue weighted by Gasteiger charge is -2.15. The van der Waals surface area contributed by atoms with Gasteiger partial charge in [-0.05, 0) is 37.3 Å². The molecule has 0 unspecified atom stereocenters. The lowest BCUT2D eigenvalue weighted by atomic mass is 10.1. The topological polar surface area (TPSA) is 88.4 Å². The number of nitrogens with zero attached hydrogens (tertiary/aromatic N) is 2. The molecule has 28 heavy (non-hydrogen) atoms. The van der Waals surface area contributed by atoms with E-state index in [-0.39, 0.29) is 23.8 Å². The Hall–Kier alpha value is -3.61. The minimum Gasteiger partial charge on any atom is -0.497 e. The molecule has 142 valence electrons. The van der Waals surface area contributed by atoms with Gasteiger partial charge in [-0.1, -0.05) is 12.1 Å². The lowest BCUT2D eigenvalue weighted by molar-refractivity contribution is 0.0751. The first-order valence-corrected chi connectivity index (χ1v) is 8.78. The first-order valence-electron chi connectivity index (χ1n) is 8.78. The van der Waals surface area contributed by atoms with Crippen LogP contribution in [0.2, 0.25) is 0 Å². The fourth-order valence-electron chi connectivity index (χ4n) is 3.21. The molecule has 1 N–H and O–H groups in total. The van der Waals surface area contributed by atoms with Crippen molar-refractivity contribution >= 4 is 27.8 Å². The fraction of sp³-hybridized carbons (Fsp3) is 0.190. The number of aromatic nitrogens is 2. The van der Waals surface area contributed by atoms with Crippen molar-refractivity contribution in [1.82, 2.24) is 14.9 Å². The number of para-hydroxylation sites is 1. The molecule has 2 heterocycles. The third-order valence-corrected chi connectivity index (χ3v) is 4.73. The number of ether oxygens (including phenoxy) is 1. The van der Waals surface area contributed by atoms with Gasteiger partial charge in [-0.25, -0.2) is 4.98 Å². The van der Waals surface area contributed by atoms with Crippen molar-refractivity contribution in [3.8, 4) is 5.75 Å². The van der Waals surface area contributed by atoms with Gasteiger partial charge in [0.2, 0.25) is 0 Å². The second-order valence-electron chi connectivity index (χ2n) is 6.61. The number of fused-ring (bicyclic) bond motifs is 2. The molecule has 0 fully saturated rings. The van der Waals surface area contributed by atoms with Crippen LogP contribution in [0.1, 0.15) is 21.9 Å². The van der Waals surface area contributed by atoms with Crippen LogP contribution in [-0.4, -0.2) is 34.9 Å². The average molecular weight is 377 g/mol. The van der Waals surface area contributed by atoms with Gasteiger partial charge in [-0.2, -0.15) is 0 Å². The normalized spacial score (nSPS) is 11.1. The van der Waals surface area contributed by atoms with Gasteiger partial charge < -0.3 is 19.0 Å². The van der Waals surface area contributed by atoms with Gasteiger partial charge in [0.25, 0.3) is 11.5 Å². The molecular formula is C21H19N3O4. The number of amides is 1. The van der Waals surface area contributed by atoms with Crippen molar-refractivity contribution in [3.63, 3.8) is 0 Å². The number of aryl methyl sites for hydroxylation is 1. The van der Waals surface area contributed by atoms with Crippen molar-refractivity contribution in [2.75, 3.05) is 14.2 Å². The number of methoxy groups -OCH3 is 1. The van der Waals surface area contributed by atoms with Crippen molar-refractivity contribution in [1.29, 1.82) is 0 Å². The van der Waals surface area contributed by atoms with Crippen LogP contribution >= 0.6 is 0 Å². The molecule has 0 aliphatic carbocycles. The zero-order valence-electron chi connectivity index (χ0n) is 15.8.